The zero-order valence-corrected chi connectivity index (χ0v) is 7.52. The molecule has 0 atom stereocenters. The Morgan fingerprint density at radius 2 is 2.33 bits per heavy atom. The molecule has 0 spiro atoms. The van der Waals surface area contributed by atoms with E-state index in [2.05, 4.69) is 4.98 Å². The molecule has 0 aliphatic rings. The fraction of sp³-hybridized carbons (Fsp3) is 0. The van der Waals surface area contributed by atoms with Crippen LogP contribution in [0.3, 0.4) is 0 Å². The minimum atomic E-state index is 0.456. The summed E-state index contributed by atoms with van der Waals surface area (Å²) in [6, 6.07) is 3.56. The third-order valence-electron chi connectivity index (χ3n) is 1.51. The van der Waals surface area contributed by atoms with Crippen LogP contribution in [-0.2, 0) is 0 Å². The Bertz CT molecular complexity index is 438. The molecular weight excluding hydrogens is 194 g/mol. The molecule has 4 heteroatoms. The molecule has 2 aromatic heterocycles. The van der Waals surface area contributed by atoms with Crippen LogP contribution in [0.5, 0.6) is 0 Å². The first-order chi connectivity index (χ1) is 5.79. The van der Waals surface area contributed by atoms with Gasteiger partial charge >= 0.3 is 0 Å². The number of aldehydes is 1. The van der Waals surface area contributed by atoms with Crippen molar-refractivity contribution in [2.75, 3.05) is 0 Å². The summed E-state index contributed by atoms with van der Waals surface area (Å²) < 4.78 is 0.988. The van der Waals surface area contributed by atoms with E-state index in [9.17, 15) is 4.79 Å². The quantitative estimate of drug-likeness (QED) is 0.520. The number of thiophene rings is 1. The molecule has 0 amide bonds. The second kappa shape index (κ2) is 2.84. The molecule has 0 radical (unpaired) electrons. The monoisotopic (exact) mass is 197 g/mol. The number of nitrogens with zero attached hydrogens (tertiary/aromatic N) is 1. The average Bonchev–Trinajstić information content (AvgIpc) is 2.46. The topological polar surface area (TPSA) is 30.0 Å². The molecule has 0 aromatic carbocycles. The van der Waals surface area contributed by atoms with Crippen LogP contribution in [0.1, 0.15) is 9.67 Å². The maximum atomic E-state index is 10.4. The Balaban J connectivity index is 2.75. The van der Waals surface area contributed by atoms with Crippen molar-refractivity contribution >= 4 is 39.3 Å². The lowest BCUT2D eigenvalue weighted by Gasteiger charge is -1.87. The average molecular weight is 198 g/mol. The predicted octanol–water partition coefficient (Wildman–Crippen LogP) is 2.76. The first-order valence-electron chi connectivity index (χ1n) is 3.30. The van der Waals surface area contributed by atoms with Crippen LogP contribution < -0.4 is 0 Å². The van der Waals surface area contributed by atoms with Crippen molar-refractivity contribution < 1.29 is 4.79 Å². The van der Waals surface area contributed by atoms with Gasteiger partial charge in [-0.15, -0.1) is 11.3 Å². The summed E-state index contributed by atoms with van der Waals surface area (Å²) in [6.07, 6.45) is 2.51. The standard InChI is InChI=1S/C8H4ClNOS/c9-8-2-5-1-6(4-11)12-7(5)3-10-8/h1-4H. The van der Waals surface area contributed by atoms with Crippen LogP contribution in [-0.4, -0.2) is 11.3 Å². The number of hydrogen-bond acceptors (Lipinski definition) is 3. The molecule has 0 aliphatic carbocycles. The lowest BCUT2D eigenvalue weighted by atomic mass is 10.3. The molecule has 2 rings (SSSR count). The van der Waals surface area contributed by atoms with Gasteiger partial charge in [0, 0.05) is 6.20 Å². The van der Waals surface area contributed by atoms with Gasteiger partial charge in [-0.1, -0.05) is 11.6 Å². The van der Waals surface area contributed by atoms with E-state index in [1.165, 1.54) is 11.3 Å². The van der Waals surface area contributed by atoms with E-state index in [-0.39, 0.29) is 0 Å². The number of aromatic nitrogens is 1. The second-order valence-corrected chi connectivity index (χ2v) is 3.81. The van der Waals surface area contributed by atoms with Gasteiger partial charge in [0.15, 0.2) is 6.29 Å². The smallest absolute Gasteiger partial charge is 0.160 e. The molecule has 0 bridgehead atoms. The van der Waals surface area contributed by atoms with Gasteiger partial charge in [-0.05, 0) is 17.5 Å². The molecule has 2 heterocycles. The van der Waals surface area contributed by atoms with Gasteiger partial charge in [-0.3, -0.25) is 4.79 Å². The highest BCUT2D eigenvalue weighted by atomic mass is 35.5. The SMILES string of the molecule is O=Cc1cc2cc(Cl)ncc2s1. The van der Waals surface area contributed by atoms with Gasteiger partial charge in [-0.25, -0.2) is 4.98 Å². The first-order valence-corrected chi connectivity index (χ1v) is 4.49. The second-order valence-electron chi connectivity index (χ2n) is 2.31. The molecule has 0 saturated heterocycles. The maximum Gasteiger partial charge on any atom is 0.160 e. The lowest BCUT2D eigenvalue weighted by Crippen LogP contribution is -1.70. The van der Waals surface area contributed by atoms with Gasteiger partial charge in [-0.2, -0.15) is 0 Å². The predicted molar refractivity (Wildman–Crippen MR) is 50.0 cm³/mol. The van der Waals surface area contributed by atoms with E-state index < -0.39 is 0 Å². The summed E-state index contributed by atoms with van der Waals surface area (Å²) in [7, 11) is 0. The van der Waals surface area contributed by atoms with Crippen LogP contribution >= 0.6 is 22.9 Å². The van der Waals surface area contributed by atoms with E-state index in [0.29, 0.717) is 10.0 Å². The van der Waals surface area contributed by atoms with Gasteiger partial charge in [0.1, 0.15) is 5.15 Å². The molecule has 0 unspecified atom stereocenters. The summed E-state index contributed by atoms with van der Waals surface area (Å²) in [5.74, 6) is 0. The van der Waals surface area contributed by atoms with Crippen molar-refractivity contribution in [2.24, 2.45) is 0 Å². The third kappa shape index (κ3) is 1.21. The number of hydrogen-bond donors (Lipinski definition) is 0. The van der Waals surface area contributed by atoms with Crippen LogP contribution in [0.15, 0.2) is 18.3 Å². The number of fused-ring (bicyclic) bond motifs is 1. The zero-order valence-electron chi connectivity index (χ0n) is 5.95. The number of rotatable bonds is 1. The summed E-state index contributed by atoms with van der Waals surface area (Å²) in [5.41, 5.74) is 0. The van der Waals surface area contributed by atoms with Gasteiger partial charge in [0.2, 0.25) is 0 Å². The number of carbonyl (C=O) groups is 1. The molecule has 0 fully saturated rings. The molecule has 60 valence electrons. The van der Waals surface area contributed by atoms with Crippen molar-refractivity contribution in [3.05, 3.63) is 28.4 Å². The van der Waals surface area contributed by atoms with Gasteiger partial charge in [0.25, 0.3) is 0 Å². The van der Waals surface area contributed by atoms with Crippen molar-refractivity contribution in [3.63, 3.8) is 0 Å². The molecule has 12 heavy (non-hydrogen) atoms. The largest absolute Gasteiger partial charge is 0.297 e. The maximum absolute atomic E-state index is 10.4. The minimum absolute atomic E-state index is 0.456. The van der Waals surface area contributed by atoms with Crippen LogP contribution in [0.4, 0.5) is 0 Å². The van der Waals surface area contributed by atoms with Crippen LogP contribution in [0.2, 0.25) is 5.15 Å². The summed E-state index contributed by atoms with van der Waals surface area (Å²) in [5, 5.41) is 1.43. The molecular formula is C8H4ClNOS. The molecule has 0 saturated carbocycles. The molecule has 2 nitrogen and oxygen atoms in total. The van der Waals surface area contributed by atoms with Crippen LogP contribution in [0.25, 0.3) is 10.1 Å². The van der Waals surface area contributed by atoms with Crippen molar-refractivity contribution in [1.82, 2.24) is 4.98 Å². The normalized spacial score (nSPS) is 10.4. The number of pyridine rings is 1. The van der Waals surface area contributed by atoms with Crippen molar-refractivity contribution in [1.29, 1.82) is 0 Å². The fourth-order valence-electron chi connectivity index (χ4n) is 0.997. The van der Waals surface area contributed by atoms with Gasteiger partial charge < -0.3 is 0 Å². The van der Waals surface area contributed by atoms with Crippen molar-refractivity contribution in [2.45, 2.75) is 0 Å². The highest BCUT2D eigenvalue weighted by Gasteiger charge is 2.01. The van der Waals surface area contributed by atoms with Crippen molar-refractivity contribution in [3.8, 4) is 0 Å². The van der Waals surface area contributed by atoms with E-state index in [0.717, 1.165) is 16.4 Å². The highest BCUT2D eigenvalue weighted by Crippen LogP contribution is 2.25. The Hall–Kier alpha value is -0.930. The summed E-state index contributed by atoms with van der Waals surface area (Å²) in [6.45, 7) is 0. The Labute approximate surface area is 77.8 Å². The molecule has 0 N–H and O–H groups in total. The first kappa shape index (κ1) is 7.71. The summed E-state index contributed by atoms with van der Waals surface area (Å²) >= 11 is 7.09. The lowest BCUT2D eigenvalue weighted by molar-refractivity contribution is 0.112. The minimum Gasteiger partial charge on any atom is -0.297 e. The summed E-state index contributed by atoms with van der Waals surface area (Å²) in [4.78, 5) is 15.0. The Morgan fingerprint density at radius 1 is 1.50 bits per heavy atom. The molecule has 0 aliphatic heterocycles. The Morgan fingerprint density at radius 3 is 3.08 bits per heavy atom. The fourth-order valence-corrected chi connectivity index (χ4v) is 1.99. The van der Waals surface area contributed by atoms with E-state index >= 15 is 0 Å². The highest BCUT2D eigenvalue weighted by molar-refractivity contribution is 7.20. The van der Waals surface area contributed by atoms with Gasteiger partial charge in [0.05, 0.1) is 9.58 Å². The van der Waals surface area contributed by atoms with E-state index in [4.69, 9.17) is 11.6 Å². The number of halogens is 1. The van der Waals surface area contributed by atoms with E-state index in [1.807, 2.05) is 0 Å². The number of carbonyl (C=O) groups excluding carboxylic acids is 1. The van der Waals surface area contributed by atoms with E-state index in [1.54, 1.807) is 18.3 Å². The van der Waals surface area contributed by atoms with Crippen LogP contribution in [0, 0.1) is 0 Å². The third-order valence-corrected chi connectivity index (χ3v) is 2.72. The zero-order chi connectivity index (χ0) is 8.55. The Kier molecular flexibility index (Phi) is 1.83. The molecule has 2 aromatic rings.